The molecule has 1 aliphatic rings. The molecule has 3 rings (SSSR count). The maximum atomic E-state index is 11.4. The highest BCUT2D eigenvalue weighted by atomic mass is 16.1. The zero-order valence-corrected chi connectivity index (χ0v) is 9.31. The summed E-state index contributed by atoms with van der Waals surface area (Å²) < 4.78 is 0. The molecule has 0 saturated carbocycles. The van der Waals surface area contributed by atoms with Crippen LogP contribution in [0.5, 0.6) is 0 Å². The molecular weight excluding hydrogens is 214 g/mol. The number of rotatable bonds is 1. The molecule has 4 heteroatoms. The Labute approximate surface area is 98.5 Å². The zero-order valence-electron chi connectivity index (χ0n) is 9.31. The third kappa shape index (κ3) is 1.82. The average molecular weight is 227 g/mol. The molecule has 0 spiro atoms. The zero-order chi connectivity index (χ0) is 11.8. The highest BCUT2D eigenvalue weighted by Crippen LogP contribution is 2.31. The summed E-state index contributed by atoms with van der Waals surface area (Å²) in [6.45, 7) is 0. The number of nitrogens with two attached hydrogens (primary N) is 1. The first-order valence-corrected chi connectivity index (χ1v) is 5.66. The lowest BCUT2D eigenvalue weighted by atomic mass is 10.1. The van der Waals surface area contributed by atoms with Crippen LogP contribution in [-0.2, 0) is 12.8 Å². The molecule has 0 aliphatic heterocycles. The van der Waals surface area contributed by atoms with Gasteiger partial charge in [0.1, 0.15) is 11.6 Å². The van der Waals surface area contributed by atoms with E-state index in [1.54, 1.807) is 0 Å². The van der Waals surface area contributed by atoms with Crippen LogP contribution in [0.1, 0.15) is 22.9 Å². The van der Waals surface area contributed by atoms with Gasteiger partial charge in [0.2, 0.25) is 0 Å². The minimum absolute atomic E-state index is 0.177. The average Bonchev–Trinajstić information content (AvgIpc) is 2.71. The van der Waals surface area contributed by atoms with E-state index in [2.05, 4.69) is 22.1 Å². The lowest BCUT2D eigenvalue weighted by molar-refractivity contribution is 0.679. The maximum absolute atomic E-state index is 11.4. The Morgan fingerprint density at radius 3 is 2.47 bits per heavy atom. The van der Waals surface area contributed by atoms with Gasteiger partial charge in [-0.3, -0.25) is 4.79 Å². The second-order valence-corrected chi connectivity index (χ2v) is 4.43. The molecule has 4 nitrogen and oxygen atoms in total. The van der Waals surface area contributed by atoms with Crippen LogP contribution in [0.4, 0.5) is 5.82 Å². The molecule has 1 aliphatic carbocycles. The van der Waals surface area contributed by atoms with Crippen LogP contribution in [0.2, 0.25) is 0 Å². The molecule has 0 saturated heterocycles. The van der Waals surface area contributed by atoms with Gasteiger partial charge in [0, 0.05) is 12.0 Å². The van der Waals surface area contributed by atoms with E-state index in [-0.39, 0.29) is 11.5 Å². The quantitative estimate of drug-likeness (QED) is 0.769. The fourth-order valence-electron chi connectivity index (χ4n) is 2.44. The first-order chi connectivity index (χ1) is 8.22. The lowest BCUT2D eigenvalue weighted by Crippen LogP contribution is -2.15. The van der Waals surface area contributed by atoms with Gasteiger partial charge in [-0.2, -0.15) is 0 Å². The van der Waals surface area contributed by atoms with E-state index in [9.17, 15) is 4.79 Å². The van der Waals surface area contributed by atoms with Gasteiger partial charge in [-0.1, -0.05) is 24.3 Å². The first-order valence-electron chi connectivity index (χ1n) is 5.66. The van der Waals surface area contributed by atoms with Crippen molar-refractivity contribution in [2.75, 3.05) is 5.73 Å². The summed E-state index contributed by atoms with van der Waals surface area (Å²) in [6.07, 6.45) is 1.84. The van der Waals surface area contributed by atoms with Crippen molar-refractivity contribution in [2.45, 2.75) is 18.8 Å². The molecule has 2 aromatic rings. The van der Waals surface area contributed by atoms with Crippen molar-refractivity contribution < 1.29 is 0 Å². The van der Waals surface area contributed by atoms with E-state index in [0.717, 1.165) is 12.8 Å². The van der Waals surface area contributed by atoms with Crippen LogP contribution in [0.25, 0.3) is 0 Å². The molecular formula is C13H13N3O. The number of anilines is 1. The van der Waals surface area contributed by atoms with Gasteiger partial charge in [-0.15, -0.1) is 0 Å². The highest BCUT2D eigenvalue weighted by molar-refractivity contribution is 5.36. The van der Waals surface area contributed by atoms with Crippen LogP contribution < -0.4 is 11.3 Å². The summed E-state index contributed by atoms with van der Waals surface area (Å²) in [6, 6.07) is 9.64. The van der Waals surface area contributed by atoms with E-state index in [1.165, 1.54) is 17.2 Å². The van der Waals surface area contributed by atoms with Crippen molar-refractivity contribution in [2.24, 2.45) is 0 Å². The summed E-state index contributed by atoms with van der Waals surface area (Å²) in [5.41, 5.74) is 8.10. The Balaban J connectivity index is 1.96. The molecule has 0 radical (unpaired) electrons. The summed E-state index contributed by atoms with van der Waals surface area (Å²) >= 11 is 0. The van der Waals surface area contributed by atoms with Crippen molar-refractivity contribution in [3.63, 3.8) is 0 Å². The monoisotopic (exact) mass is 227 g/mol. The minimum atomic E-state index is -0.177. The van der Waals surface area contributed by atoms with Gasteiger partial charge >= 0.3 is 0 Å². The lowest BCUT2D eigenvalue weighted by Gasteiger charge is -2.07. The predicted molar refractivity (Wildman–Crippen MR) is 65.9 cm³/mol. The predicted octanol–water partition coefficient (Wildman–Crippen LogP) is 1.23. The molecule has 0 unspecified atom stereocenters. The molecule has 86 valence electrons. The van der Waals surface area contributed by atoms with Crippen LogP contribution in [-0.4, -0.2) is 9.97 Å². The topological polar surface area (TPSA) is 71.8 Å². The van der Waals surface area contributed by atoms with Gasteiger partial charge in [-0.05, 0) is 24.0 Å². The summed E-state index contributed by atoms with van der Waals surface area (Å²) in [5.74, 6) is 1.23. The minimum Gasteiger partial charge on any atom is -0.383 e. The van der Waals surface area contributed by atoms with E-state index in [1.807, 2.05) is 12.1 Å². The Morgan fingerprint density at radius 1 is 1.24 bits per heavy atom. The van der Waals surface area contributed by atoms with Crippen molar-refractivity contribution in [3.8, 4) is 0 Å². The van der Waals surface area contributed by atoms with E-state index in [0.29, 0.717) is 11.6 Å². The third-order valence-corrected chi connectivity index (χ3v) is 3.22. The number of hydrogen-bond donors (Lipinski definition) is 2. The Bertz CT molecular complexity index is 593. The Kier molecular flexibility index (Phi) is 2.21. The SMILES string of the molecule is Nc1cc(=O)[nH]c(C2Cc3ccccc3C2)n1. The standard InChI is InChI=1S/C13H13N3O/c14-11-7-12(17)16-13(15-11)10-5-8-3-1-2-4-9(8)6-10/h1-4,7,10H,5-6H2,(H3,14,15,16,17). The van der Waals surface area contributed by atoms with Crippen LogP contribution in [0, 0.1) is 0 Å². The van der Waals surface area contributed by atoms with Crippen LogP contribution >= 0.6 is 0 Å². The number of fused-ring (bicyclic) bond motifs is 1. The van der Waals surface area contributed by atoms with Gasteiger partial charge in [0.15, 0.2) is 0 Å². The van der Waals surface area contributed by atoms with Crippen molar-refractivity contribution in [1.82, 2.24) is 9.97 Å². The third-order valence-electron chi connectivity index (χ3n) is 3.22. The van der Waals surface area contributed by atoms with E-state index in [4.69, 9.17) is 5.73 Å². The van der Waals surface area contributed by atoms with E-state index < -0.39 is 0 Å². The van der Waals surface area contributed by atoms with Gasteiger partial charge in [0.05, 0.1) is 0 Å². The maximum Gasteiger partial charge on any atom is 0.252 e. The molecule has 17 heavy (non-hydrogen) atoms. The molecule has 3 N–H and O–H groups in total. The van der Waals surface area contributed by atoms with Crippen LogP contribution in [0.15, 0.2) is 35.1 Å². The number of H-pyrrole nitrogens is 1. The summed E-state index contributed by atoms with van der Waals surface area (Å²) in [7, 11) is 0. The van der Waals surface area contributed by atoms with Crippen molar-refractivity contribution >= 4 is 5.82 Å². The second-order valence-electron chi connectivity index (χ2n) is 4.43. The Morgan fingerprint density at radius 2 is 1.88 bits per heavy atom. The summed E-state index contributed by atoms with van der Waals surface area (Å²) in [5, 5.41) is 0. The van der Waals surface area contributed by atoms with Gasteiger partial charge in [0.25, 0.3) is 5.56 Å². The smallest absolute Gasteiger partial charge is 0.252 e. The van der Waals surface area contributed by atoms with Gasteiger partial charge in [-0.25, -0.2) is 4.98 Å². The molecule has 1 aromatic heterocycles. The summed E-state index contributed by atoms with van der Waals surface area (Å²) in [4.78, 5) is 18.4. The van der Waals surface area contributed by atoms with E-state index >= 15 is 0 Å². The van der Waals surface area contributed by atoms with Gasteiger partial charge < -0.3 is 10.7 Å². The largest absolute Gasteiger partial charge is 0.383 e. The molecule has 1 heterocycles. The number of hydrogen-bond acceptors (Lipinski definition) is 3. The Hall–Kier alpha value is -2.10. The number of nitrogen functional groups attached to an aromatic ring is 1. The number of nitrogens with one attached hydrogen (secondary N) is 1. The molecule has 0 atom stereocenters. The molecule has 0 bridgehead atoms. The fourth-order valence-corrected chi connectivity index (χ4v) is 2.44. The molecule has 0 fully saturated rings. The molecule has 1 aromatic carbocycles. The number of aromatic nitrogens is 2. The normalized spacial score (nSPS) is 14.8. The highest BCUT2D eigenvalue weighted by Gasteiger charge is 2.24. The van der Waals surface area contributed by atoms with Crippen molar-refractivity contribution in [1.29, 1.82) is 0 Å². The fraction of sp³-hybridized carbons (Fsp3) is 0.231. The van der Waals surface area contributed by atoms with Crippen LogP contribution in [0.3, 0.4) is 0 Å². The number of benzene rings is 1. The number of aromatic amines is 1. The first kappa shape index (κ1) is 10.1. The number of nitrogens with zero attached hydrogens (tertiary/aromatic N) is 1. The second kappa shape index (κ2) is 3.73. The molecule has 0 amide bonds. The van der Waals surface area contributed by atoms with Crippen molar-refractivity contribution in [3.05, 3.63) is 57.6 Å².